The molecule has 1 heterocycles. The van der Waals surface area contributed by atoms with Crippen molar-refractivity contribution in [1.29, 1.82) is 0 Å². The highest BCUT2D eigenvalue weighted by Gasteiger charge is 2.16. The molecule has 120 valence electrons. The normalized spacial score (nSPS) is 11.6. The minimum absolute atomic E-state index is 0.0868. The van der Waals surface area contributed by atoms with E-state index in [1.165, 1.54) is 25.3 Å². The molecule has 0 spiro atoms. The van der Waals surface area contributed by atoms with Crippen molar-refractivity contribution in [3.63, 3.8) is 0 Å². The summed E-state index contributed by atoms with van der Waals surface area (Å²) in [6.45, 7) is 3.78. The van der Waals surface area contributed by atoms with E-state index in [9.17, 15) is 8.42 Å². The molecule has 0 aliphatic heterocycles. The summed E-state index contributed by atoms with van der Waals surface area (Å²) < 4.78 is 37.3. The molecule has 0 unspecified atom stereocenters. The van der Waals surface area contributed by atoms with E-state index in [1.54, 1.807) is 6.92 Å². The van der Waals surface area contributed by atoms with E-state index in [4.69, 9.17) is 20.8 Å². The van der Waals surface area contributed by atoms with Crippen molar-refractivity contribution in [3.8, 4) is 5.75 Å². The second kappa shape index (κ2) is 6.68. The highest BCUT2D eigenvalue weighted by atomic mass is 35.5. The highest BCUT2D eigenvalue weighted by molar-refractivity contribution is 7.89. The van der Waals surface area contributed by atoms with Crippen molar-refractivity contribution in [3.05, 3.63) is 40.6 Å². The predicted octanol–water partition coefficient (Wildman–Crippen LogP) is 2.47. The Bertz CT molecular complexity index is 771. The maximum atomic E-state index is 12.2. The Morgan fingerprint density at radius 3 is 2.64 bits per heavy atom. The van der Waals surface area contributed by atoms with E-state index in [1.807, 2.05) is 6.92 Å². The van der Waals surface area contributed by atoms with Gasteiger partial charge in [0.25, 0.3) is 0 Å². The summed E-state index contributed by atoms with van der Waals surface area (Å²) in [5.41, 5.74) is 0.768. The lowest BCUT2D eigenvalue weighted by molar-refractivity contribution is 0.414. The van der Waals surface area contributed by atoms with Crippen molar-refractivity contribution < 1.29 is 17.6 Å². The van der Waals surface area contributed by atoms with Gasteiger partial charge in [0.05, 0.1) is 22.7 Å². The number of aryl methyl sites for hydroxylation is 2. The predicted molar refractivity (Wildman–Crippen MR) is 82.9 cm³/mol. The molecular weight excluding hydrogens is 328 g/mol. The van der Waals surface area contributed by atoms with Crippen LogP contribution in [0.5, 0.6) is 5.75 Å². The molecule has 1 aromatic heterocycles. The average molecular weight is 345 g/mol. The minimum atomic E-state index is -3.64. The van der Waals surface area contributed by atoms with Crippen LogP contribution in [0.2, 0.25) is 5.02 Å². The van der Waals surface area contributed by atoms with Crippen LogP contribution in [0.3, 0.4) is 0 Å². The number of nitrogens with one attached hydrogen (secondary N) is 1. The van der Waals surface area contributed by atoms with Crippen molar-refractivity contribution in [2.45, 2.75) is 25.2 Å². The quantitative estimate of drug-likeness (QED) is 0.870. The van der Waals surface area contributed by atoms with Gasteiger partial charge in [-0.2, -0.15) is 0 Å². The van der Waals surface area contributed by atoms with Crippen LogP contribution in [-0.2, 0) is 16.4 Å². The van der Waals surface area contributed by atoms with Crippen molar-refractivity contribution in [2.75, 3.05) is 13.7 Å². The van der Waals surface area contributed by atoms with Gasteiger partial charge in [-0.25, -0.2) is 18.1 Å². The third-order valence-electron chi connectivity index (χ3n) is 3.08. The molecule has 1 N–H and O–H groups in total. The van der Waals surface area contributed by atoms with E-state index >= 15 is 0 Å². The zero-order valence-corrected chi connectivity index (χ0v) is 14.1. The Morgan fingerprint density at radius 1 is 1.36 bits per heavy atom. The summed E-state index contributed by atoms with van der Waals surface area (Å²) in [5.74, 6) is 1.67. The Labute approximate surface area is 134 Å². The monoisotopic (exact) mass is 344 g/mol. The number of oxazole rings is 1. The van der Waals surface area contributed by atoms with Gasteiger partial charge in [0.2, 0.25) is 10.0 Å². The molecule has 0 radical (unpaired) electrons. The van der Waals surface area contributed by atoms with Crippen LogP contribution in [0, 0.1) is 13.8 Å². The second-order valence-corrected chi connectivity index (χ2v) is 6.86. The zero-order valence-electron chi connectivity index (χ0n) is 12.5. The summed E-state index contributed by atoms with van der Waals surface area (Å²) in [5, 5.41) is 0.243. The average Bonchev–Trinajstić information content (AvgIpc) is 2.76. The van der Waals surface area contributed by atoms with Crippen LogP contribution in [0.1, 0.15) is 17.3 Å². The van der Waals surface area contributed by atoms with E-state index in [0.717, 1.165) is 5.69 Å². The number of hydrogen-bond acceptors (Lipinski definition) is 5. The Hall–Kier alpha value is -1.57. The van der Waals surface area contributed by atoms with Crippen molar-refractivity contribution in [2.24, 2.45) is 0 Å². The number of rotatable bonds is 6. The fraction of sp³-hybridized carbons (Fsp3) is 0.357. The number of benzene rings is 1. The van der Waals surface area contributed by atoms with Crippen LogP contribution >= 0.6 is 11.6 Å². The summed E-state index contributed by atoms with van der Waals surface area (Å²) in [7, 11) is -2.17. The molecule has 0 aliphatic rings. The van der Waals surface area contributed by atoms with Gasteiger partial charge >= 0.3 is 0 Å². The number of nitrogens with zero attached hydrogens (tertiary/aromatic N) is 1. The van der Waals surface area contributed by atoms with Crippen molar-refractivity contribution in [1.82, 2.24) is 9.71 Å². The van der Waals surface area contributed by atoms with Gasteiger partial charge in [0, 0.05) is 19.9 Å². The largest absolute Gasteiger partial charge is 0.495 e. The van der Waals surface area contributed by atoms with E-state index in [2.05, 4.69) is 9.71 Å². The first-order valence-electron chi connectivity index (χ1n) is 6.59. The van der Waals surface area contributed by atoms with Crippen LogP contribution in [0.4, 0.5) is 0 Å². The molecule has 2 rings (SSSR count). The van der Waals surface area contributed by atoms with Gasteiger partial charge in [-0.05, 0) is 25.1 Å². The van der Waals surface area contributed by atoms with Gasteiger partial charge in [-0.1, -0.05) is 11.6 Å². The van der Waals surface area contributed by atoms with Gasteiger partial charge in [-0.3, -0.25) is 0 Å². The fourth-order valence-electron chi connectivity index (χ4n) is 2.00. The van der Waals surface area contributed by atoms with Gasteiger partial charge < -0.3 is 9.15 Å². The third kappa shape index (κ3) is 3.79. The fourth-order valence-corrected chi connectivity index (χ4v) is 3.38. The molecule has 8 heteroatoms. The number of halogens is 1. The number of methoxy groups -OCH3 is 1. The molecule has 6 nitrogen and oxygen atoms in total. The number of hydrogen-bond donors (Lipinski definition) is 1. The molecule has 0 atom stereocenters. The van der Waals surface area contributed by atoms with Crippen LogP contribution < -0.4 is 9.46 Å². The van der Waals surface area contributed by atoms with Crippen LogP contribution in [-0.4, -0.2) is 27.1 Å². The molecule has 0 amide bonds. The summed E-state index contributed by atoms with van der Waals surface area (Å²) >= 11 is 5.95. The highest BCUT2D eigenvalue weighted by Crippen LogP contribution is 2.26. The smallest absolute Gasteiger partial charge is 0.240 e. The Balaban J connectivity index is 2.05. The lowest BCUT2D eigenvalue weighted by Crippen LogP contribution is -2.26. The van der Waals surface area contributed by atoms with E-state index < -0.39 is 10.0 Å². The minimum Gasteiger partial charge on any atom is -0.495 e. The van der Waals surface area contributed by atoms with Gasteiger partial charge in [0.15, 0.2) is 5.89 Å². The molecule has 0 saturated carbocycles. The topological polar surface area (TPSA) is 81.4 Å². The van der Waals surface area contributed by atoms with Crippen LogP contribution in [0.15, 0.2) is 27.5 Å². The molecule has 0 saturated heterocycles. The number of aromatic nitrogens is 1. The zero-order chi connectivity index (χ0) is 16.3. The first kappa shape index (κ1) is 16.8. The molecule has 1 aromatic carbocycles. The molecule has 22 heavy (non-hydrogen) atoms. The lowest BCUT2D eigenvalue weighted by Gasteiger charge is -2.08. The first-order valence-corrected chi connectivity index (χ1v) is 8.45. The van der Waals surface area contributed by atoms with Gasteiger partial charge in [-0.15, -0.1) is 0 Å². The number of sulfonamides is 1. The van der Waals surface area contributed by atoms with Crippen molar-refractivity contribution >= 4 is 21.6 Å². The molecule has 0 bridgehead atoms. The van der Waals surface area contributed by atoms with Gasteiger partial charge in [0.1, 0.15) is 11.5 Å². The Kier molecular flexibility index (Phi) is 5.10. The lowest BCUT2D eigenvalue weighted by atomic mass is 10.3. The summed E-state index contributed by atoms with van der Waals surface area (Å²) in [4.78, 5) is 4.23. The molecule has 0 fully saturated rings. The maximum absolute atomic E-state index is 12.2. The summed E-state index contributed by atoms with van der Waals surface area (Å²) in [6, 6.07) is 4.31. The summed E-state index contributed by atoms with van der Waals surface area (Å²) in [6.07, 6.45) is 0.426. The Morgan fingerprint density at radius 2 is 2.09 bits per heavy atom. The van der Waals surface area contributed by atoms with E-state index in [-0.39, 0.29) is 16.5 Å². The molecular formula is C14H17ClN2O4S. The molecule has 0 aliphatic carbocycles. The third-order valence-corrected chi connectivity index (χ3v) is 4.83. The number of ether oxygens (including phenoxy) is 1. The molecule has 2 aromatic rings. The maximum Gasteiger partial charge on any atom is 0.240 e. The standard InChI is InChI=1S/C14H17ClN2O4S/c1-9-13(21-10(2)17-9)6-7-16-22(18,19)11-4-5-14(20-3)12(15)8-11/h4-5,8,16H,6-7H2,1-3H3. The second-order valence-electron chi connectivity index (χ2n) is 4.69. The first-order chi connectivity index (χ1) is 10.3. The van der Waals surface area contributed by atoms with Crippen LogP contribution in [0.25, 0.3) is 0 Å². The SMILES string of the molecule is COc1ccc(S(=O)(=O)NCCc2oc(C)nc2C)cc1Cl. The van der Waals surface area contributed by atoms with E-state index in [0.29, 0.717) is 23.8 Å².